The summed E-state index contributed by atoms with van der Waals surface area (Å²) in [5.74, 6) is -0.675. The van der Waals surface area contributed by atoms with E-state index in [1.807, 2.05) is 82.3 Å². The maximum Gasteiger partial charge on any atom is 0.313 e. The third-order valence-corrected chi connectivity index (χ3v) is 5.22. The van der Waals surface area contributed by atoms with Gasteiger partial charge in [-0.05, 0) is 68.1 Å². The molecule has 3 rings (SSSR count). The van der Waals surface area contributed by atoms with Crippen LogP contribution in [0.3, 0.4) is 0 Å². The molecule has 166 valence electrons. The van der Waals surface area contributed by atoms with E-state index in [0.29, 0.717) is 6.54 Å². The van der Waals surface area contributed by atoms with E-state index in [1.165, 1.54) is 0 Å². The van der Waals surface area contributed by atoms with Crippen molar-refractivity contribution in [3.63, 3.8) is 0 Å². The highest BCUT2D eigenvalue weighted by atomic mass is 16.6. The summed E-state index contributed by atoms with van der Waals surface area (Å²) in [6.45, 7) is 9.45. The lowest BCUT2D eigenvalue weighted by Gasteiger charge is -2.24. The van der Waals surface area contributed by atoms with Crippen LogP contribution in [0.5, 0.6) is 0 Å². The Bertz CT molecular complexity index is 1070. The zero-order chi connectivity index (χ0) is 23.3. The third kappa shape index (κ3) is 6.07. The molecule has 0 aromatic heterocycles. The molecule has 4 nitrogen and oxygen atoms in total. The second kappa shape index (κ2) is 9.82. The molecule has 0 aliphatic rings. The average molecular weight is 430 g/mol. The Morgan fingerprint density at radius 1 is 0.875 bits per heavy atom. The van der Waals surface area contributed by atoms with E-state index in [4.69, 9.17) is 4.74 Å². The summed E-state index contributed by atoms with van der Waals surface area (Å²) >= 11 is 0. The van der Waals surface area contributed by atoms with Crippen LogP contribution in [0.15, 0.2) is 78.9 Å². The summed E-state index contributed by atoms with van der Waals surface area (Å²) in [5.41, 5.74) is 4.44. The van der Waals surface area contributed by atoms with Crippen molar-refractivity contribution >= 4 is 17.6 Å². The van der Waals surface area contributed by atoms with E-state index >= 15 is 0 Å². The van der Waals surface area contributed by atoms with Gasteiger partial charge in [-0.1, -0.05) is 60.7 Å². The molecule has 1 atom stereocenters. The summed E-state index contributed by atoms with van der Waals surface area (Å²) in [5, 5.41) is 0. The number of hydrogen-bond acceptors (Lipinski definition) is 3. The topological polar surface area (TPSA) is 46.6 Å². The van der Waals surface area contributed by atoms with Crippen molar-refractivity contribution in [1.82, 2.24) is 0 Å². The van der Waals surface area contributed by atoms with Crippen molar-refractivity contribution in [2.75, 3.05) is 4.90 Å². The highest BCUT2D eigenvalue weighted by Crippen LogP contribution is 2.26. The van der Waals surface area contributed by atoms with Crippen LogP contribution in [0.25, 0.3) is 11.1 Å². The molecule has 1 amide bonds. The molecule has 3 aromatic carbocycles. The Balaban J connectivity index is 1.78. The lowest BCUT2D eigenvalue weighted by Crippen LogP contribution is -2.28. The molecule has 1 unspecified atom stereocenters. The number of anilines is 1. The van der Waals surface area contributed by atoms with Crippen molar-refractivity contribution in [3.05, 3.63) is 90.0 Å². The van der Waals surface area contributed by atoms with Gasteiger partial charge in [0.05, 0.1) is 12.5 Å². The van der Waals surface area contributed by atoms with E-state index in [-0.39, 0.29) is 17.8 Å². The van der Waals surface area contributed by atoms with Crippen LogP contribution < -0.4 is 4.90 Å². The lowest BCUT2D eigenvalue weighted by atomic mass is 10.00. The molecule has 0 N–H and O–H groups in total. The van der Waals surface area contributed by atoms with Crippen LogP contribution in [0.4, 0.5) is 5.69 Å². The first-order chi connectivity index (χ1) is 15.1. The van der Waals surface area contributed by atoms with Crippen molar-refractivity contribution in [2.24, 2.45) is 0 Å². The first-order valence-electron chi connectivity index (χ1n) is 10.9. The largest absolute Gasteiger partial charge is 0.460 e. The highest BCUT2D eigenvalue weighted by molar-refractivity contribution is 5.91. The molecular weight excluding hydrogens is 398 g/mol. The van der Waals surface area contributed by atoms with Crippen LogP contribution in [-0.2, 0) is 20.9 Å². The van der Waals surface area contributed by atoms with Crippen LogP contribution >= 0.6 is 0 Å². The second-order valence-electron chi connectivity index (χ2n) is 9.02. The van der Waals surface area contributed by atoms with E-state index < -0.39 is 5.60 Å². The zero-order valence-corrected chi connectivity index (χ0v) is 19.5. The zero-order valence-electron chi connectivity index (χ0n) is 19.5. The minimum absolute atomic E-state index is 0.0388. The fourth-order valence-electron chi connectivity index (χ4n) is 3.52. The number of benzene rings is 3. The number of hydrogen-bond donors (Lipinski definition) is 0. The molecule has 0 saturated carbocycles. The summed E-state index contributed by atoms with van der Waals surface area (Å²) in [6.07, 6.45) is 0. The summed E-state index contributed by atoms with van der Waals surface area (Å²) in [4.78, 5) is 26.6. The standard InChI is InChI=1S/C28H31NO3/c1-20(27(31)32-28(3,4)5)23-14-16-26(17-15-23)29(21(2)30)19-22-10-9-13-25(18-22)24-11-7-6-8-12-24/h6-18,20H,19H2,1-5H3. The van der Waals surface area contributed by atoms with Crippen molar-refractivity contribution in [2.45, 2.75) is 52.7 Å². The van der Waals surface area contributed by atoms with E-state index in [2.05, 4.69) is 24.3 Å². The van der Waals surface area contributed by atoms with Gasteiger partial charge in [0.1, 0.15) is 5.60 Å². The molecule has 0 aliphatic heterocycles. The first-order valence-corrected chi connectivity index (χ1v) is 10.9. The minimum Gasteiger partial charge on any atom is -0.460 e. The van der Waals surface area contributed by atoms with E-state index in [9.17, 15) is 9.59 Å². The van der Waals surface area contributed by atoms with Gasteiger partial charge in [-0.3, -0.25) is 9.59 Å². The summed E-state index contributed by atoms with van der Waals surface area (Å²) in [6, 6.07) is 26.0. The fraction of sp³-hybridized carbons (Fsp3) is 0.286. The molecule has 4 heteroatoms. The van der Waals surface area contributed by atoms with Gasteiger partial charge in [-0.15, -0.1) is 0 Å². The molecule has 3 aromatic rings. The smallest absolute Gasteiger partial charge is 0.313 e. The Morgan fingerprint density at radius 3 is 2.09 bits per heavy atom. The number of nitrogens with zero attached hydrogens (tertiary/aromatic N) is 1. The monoisotopic (exact) mass is 429 g/mol. The van der Waals surface area contributed by atoms with Crippen LogP contribution in [0, 0.1) is 0 Å². The number of amides is 1. The molecule has 0 saturated heterocycles. The highest BCUT2D eigenvalue weighted by Gasteiger charge is 2.23. The Kier molecular flexibility index (Phi) is 7.14. The molecule has 0 bridgehead atoms. The normalized spacial score (nSPS) is 12.2. The Labute approximate surface area is 190 Å². The van der Waals surface area contributed by atoms with Gasteiger partial charge < -0.3 is 9.64 Å². The number of carbonyl (C=O) groups excluding carboxylic acids is 2. The van der Waals surface area contributed by atoms with Crippen LogP contribution in [0.2, 0.25) is 0 Å². The lowest BCUT2D eigenvalue weighted by molar-refractivity contribution is -0.156. The van der Waals surface area contributed by atoms with E-state index in [0.717, 1.165) is 27.9 Å². The van der Waals surface area contributed by atoms with Gasteiger partial charge in [-0.2, -0.15) is 0 Å². The maximum atomic E-state index is 12.4. The van der Waals surface area contributed by atoms with Crippen molar-refractivity contribution in [3.8, 4) is 11.1 Å². The summed E-state index contributed by atoms with van der Waals surface area (Å²) in [7, 11) is 0. The number of esters is 1. The summed E-state index contributed by atoms with van der Waals surface area (Å²) < 4.78 is 5.49. The van der Waals surface area contributed by atoms with Gasteiger partial charge in [0, 0.05) is 12.6 Å². The van der Waals surface area contributed by atoms with Crippen molar-refractivity contribution < 1.29 is 14.3 Å². The van der Waals surface area contributed by atoms with Gasteiger partial charge >= 0.3 is 5.97 Å². The predicted molar refractivity (Wildman–Crippen MR) is 129 cm³/mol. The fourth-order valence-corrected chi connectivity index (χ4v) is 3.52. The number of carbonyl (C=O) groups is 2. The SMILES string of the molecule is CC(=O)N(Cc1cccc(-c2ccccc2)c1)c1ccc(C(C)C(=O)OC(C)(C)C)cc1. The minimum atomic E-state index is -0.523. The Hall–Kier alpha value is -3.40. The van der Waals surface area contributed by atoms with Crippen LogP contribution in [0.1, 0.15) is 51.7 Å². The van der Waals surface area contributed by atoms with Gasteiger partial charge in [0.25, 0.3) is 0 Å². The number of ether oxygens (including phenoxy) is 1. The Morgan fingerprint density at radius 2 is 1.50 bits per heavy atom. The van der Waals surface area contributed by atoms with Gasteiger partial charge in [0.2, 0.25) is 5.91 Å². The second-order valence-corrected chi connectivity index (χ2v) is 9.02. The molecule has 0 spiro atoms. The van der Waals surface area contributed by atoms with Gasteiger partial charge in [-0.25, -0.2) is 0 Å². The predicted octanol–water partition coefficient (Wildman–Crippen LogP) is 6.35. The quantitative estimate of drug-likeness (QED) is 0.429. The van der Waals surface area contributed by atoms with E-state index in [1.54, 1.807) is 11.8 Å². The molecule has 32 heavy (non-hydrogen) atoms. The third-order valence-electron chi connectivity index (χ3n) is 5.22. The van der Waals surface area contributed by atoms with Crippen LogP contribution in [-0.4, -0.2) is 17.5 Å². The first kappa shape index (κ1) is 23.3. The van der Waals surface area contributed by atoms with Crippen molar-refractivity contribution in [1.29, 1.82) is 0 Å². The molecular formula is C28H31NO3. The molecule has 0 radical (unpaired) electrons. The number of rotatable bonds is 6. The molecule has 0 heterocycles. The maximum absolute atomic E-state index is 12.4. The van der Waals surface area contributed by atoms with Gasteiger partial charge in [0.15, 0.2) is 0 Å². The average Bonchev–Trinajstić information content (AvgIpc) is 2.76. The molecule has 0 aliphatic carbocycles. The molecule has 0 fully saturated rings.